The van der Waals surface area contributed by atoms with Gasteiger partial charge in [0.2, 0.25) is 5.91 Å². The van der Waals surface area contributed by atoms with Crippen molar-refractivity contribution in [2.75, 3.05) is 7.11 Å². The normalized spacial score (nSPS) is 22.1. The SMILES string of the molecule is COc1ccc(CC(C)C(=O)N[C@@H]2CCC[C@@H]2C(=O)O)cc1. The number of benzene rings is 1. The van der Waals surface area contributed by atoms with Crippen molar-refractivity contribution in [3.05, 3.63) is 29.8 Å². The summed E-state index contributed by atoms with van der Waals surface area (Å²) in [5.74, 6) is -0.740. The summed E-state index contributed by atoms with van der Waals surface area (Å²) in [6.45, 7) is 1.87. The smallest absolute Gasteiger partial charge is 0.308 e. The molecule has 0 heterocycles. The number of aliphatic carboxylic acids is 1. The van der Waals surface area contributed by atoms with E-state index in [2.05, 4.69) is 5.32 Å². The van der Waals surface area contributed by atoms with E-state index in [-0.39, 0.29) is 17.9 Å². The Kier molecular flexibility index (Phi) is 5.41. The maximum absolute atomic E-state index is 12.3. The Morgan fingerprint density at radius 2 is 2.00 bits per heavy atom. The van der Waals surface area contributed by atoms with Gasteiger partial charge in [-0.3, -0.25) is 9.59 Å². The molecule has 0 aliphatic heterocycles. The topological polar surface area (TPSA) is 75.6 Å². The van der Waals surface area contributed by atoms with Crippen LogP contribution in [0.5, 0.6) is 5.75 Å². The molecule has 1 aromatic carbocycles. The zero-order chi connectivity index (χ0) is 16.1. The lowest BCUT2D eigenvalue weighted by atomic mass is 9.98. The monoisotopic (exact) mass is 305 g/mol. The van der Waals surface area contributed by atoms with Crippen LogP contribution in [0, 0.1) is 11.8 Å². The van der Waals surface area contributed by atoms with Crippen molar-refractivity contribution in [1.29, 1.82) is 0 Å². The van der Waals surface area contributed by atoms with E-state index in [9.17, 15) is 9.59 Å². The lowest BCUT2D eigenvalue weighted by Crippen LogP contribution is -2.42. The molecular weight excluding hydrogens is 282 g/mol. The predicted molar refractivity (Wildman–Crippen MR) is 82.8 cm³/mol. The maximum Gasteiger partial charge on any atom is 0.308 e. The van der Waals surface area contributed by atoms with E-state index in [0.29, 0.717) is 12.8 Å². The van der Waals surface area contributed by atoms with Gasteiger partial charge in [-0.05, 0) is 37.0 Å². The summed E-state index contributed by atoms with van der Waals surface area (Å²) in [5.41, 5.74) is 1.06. The van der Waals surface area contributed by atoms with Crippen LogP contribution in [0.4, 0.5) is 0 Å². The molecule has 0 spiro atoms. The molecule has 0 radical (unpaired) electrons. The van der Waals surface area contributed by atoms with E-state index in [0.717, 1.165) is 24.2 Å². The minimum absolute atomic E-state index is 0.0750. The van der Waals surface area contributed by atoms with Crippen molar-refractivity contribution in [3.63, 3.8) is 0 Å². The Morgan fingerprint density at radius 3 is 2.59 bits per heavy atom. The predicted octanol–water partition coefficient (Wildman–Crippen LogP) is 2.24. The number of carbonyl (C=O) groups is 2. The molecule has 0 bridgehead atoms. The fourth-order valence-electron chi connectivity index (χ4n) is 2.96. The Labute approximate surface area is 130 Å². The molecule has 1 aliphatic rings. The summed E-state index contributed by atoms with van der Waals surface area (Å²) in [6.07, 6.45) is 2.88. The number of methoxy groups -OCH3 is 1. The van der Waals surface area contributed by atoms with Gasteiger partial charge in [0.1, 0.15) is 5.75 Å². The number of hydrogen-bond donors (Lipinski definition) is 2. The Balaban J connectivity index is 1.90. The summed E-state index contributed by atoms with van der Waals surface area (Å²) in [6, 6.07) is 7.40. The standard InChI is InChI=1S/C17H23NO4/c1-11(10-12-6-8-13(22-2)9-7-12)16(19)18-15-5-3-4-14(15)17(20)21/h6-9,11,14-15H,3-5,10H2,1-2H3,(H,18,19)(H,20,21)/t11?,14-,15+/m0/s1. The van der Waals surface area contributed by atoms with Gasteiger partial charge < -0.3 is 15.2 Å². The van der Waals surface area contributed by atoms with E-state index in [1.165, 1.54) is 0 Å². The number of carboxylic acid groups (broad SMARTS) is 1. The number of amides is 1. The van der Waals surface area contributed by atoms with Gasteiger partial charge in [-0.2, -0.15) is 0 Å². The molecule has 22 heavy (non-hydrogen) atoms. The van der Waals surface area contributed by atoms with E-state index in [1.54, 1.807) is 7.11 Å². The first-order valence-corrected chi connectivity index (χ1v) is 7.67. The molecule has 5 nitrogen and oxygen atoms in total. The molecule has 1 aliphatic carbocycles. The molecule has 1 saturated carbocycles. The number of hydrogen-bond acceptors (Lipinski definition) is 3. The zero-order valence-electron chi connectivity index (χ0n) is 13.0. The number of nitrogens with one attached hydrogen (secondary N) is 1. The van der Waals surface area contributed by atoms with Crippen LogP contribution in [0.15, 0.2) is 24.3 Å². The average molecular weight is 305 g/mol. The molecule has 1 fully saturated rings. The number of ether oxygens (including phenoxy) is 1. The largest absolute Gasteiger partial charge is 0.497 e. The van der Waals surface area contributed by atoms with Crippen molar-refractivity contribution >= 4 is 11.9 Å². The molecule has 1 unspecified atom stereocenters. The highest BCUT2D eigenvalue weighted by molar-refractivity contribution is 5.80. The third-order valence-electron chi connectivity index (χ3n) is 4.31. The van der Waals surface area contributed by atoms with Crippen molar-refractivity contribution in [2.24, 2.45) is 11.8 Å². The van der Waals surface area contributed by atoms with E-state index >= 15 is 0 Å². The van der Waals surface area contributed by atoms with Gasteiger partial charge in [-0.25, -0.2) is 0 Å². The first-order chi connectivity index (χ1) is 10.5. The average Bonchev–Trinajstić information content (AvgIpc) is 2.96. The van der Waals surface area contributed by atoms with Crippen LogP contribution in [0.25, 0.3) is 0 Å². The van der Waals surface area contributed by atoms with Gasteiger partial charge >= 0.3 is 5.97 Å². The Bertz CT molecular complexity index is 526. The van der Waals surface area contributed by atoms with Crippen molar-refractivity contribution < 1.29 is 19.4 Å². The minimum atomic E-state index is -0.814. The fraction of sp³-hybridized carbons (Fsp3) is 0.529. The molecule has 2 rings (SSSR count). The van der Waals surface area contributed by atoms with Crippen molar-refractivity contribution in [3.8, 4) is 5.75 Å². The van der Waals surface area contributed by atoms with E-state index in [1.807, 2.05) is 31.2 Å². The molecule has 0 saturated heterocycles. The van der Waals surface area contributed by atoms with Gasteiger partial charge in [-0.15, -0.1) is 0 Å². The second kappa shape index (κ2) is 7.29. The van der Waals surface area contributed by atoms with Crippen molar-refractivity contribution in [2.45, 2.75) is 38.6 Å². The van der Waals surface area contributed by atoms with Gasteiger partial charge in [0.05, 0.1) is 13.0 Å². The molecule has 2 N–H and O–H groups in total. The second-order valence-electron chi connectivity index (χ2n) is 5.94. The molecule has 5 heteroatoms. The lowest BCUT2D eigenvalue weighted by Gasteiger charge is -2.20. The molecule has 1 aromatic rings. The van der Waals surface area contributed by atoms with Crippen LogP contribution in [-0.2, 0) is 16.0 Å². The zero-order valence-corrected chi connectivity index (χ0v) is 13.0. The van der Waals surface area contributed by atoms with Gasteiger partial charge in [0, 0.05) is 12.0 Å². The summed E-state index contributed by atoms with van der Waals surface area (Å²) in [7, 11) is 1.62. The number of rotatable bonds is 6. The van der Waals surface area contributed by atoms with Crippen molar-refractivity contribution in [1.82, 2.24) is 5.32 Å². The highest BCUT2D eigenvalue weighted by Crippen LogP contribution is 2.26. The van der Waals surface area contributed by atoms with E-state index < -0.39 is 11.9 Å². The summed E-state index contributed by atoms with van der Waals surface area (Å²) in [4.78, 5) is 23.4. The first-order valence-electron chi connectivity index (χ1n) is 7.67. The lowest BCUT2D eigenvalue weighted by molar-refractivity contribution is -0.142. The van der Waals surface area contributed by atoms with E-state index in [4.69, 9.17) is 9.84 Å². The van der Waals surface area contributed by atoms with Crippen LogP contribution in [0.1, 0.15) is 31.7 Å². The first kappa shape index (κ1) is 16.3. The number of carboxylic acids is 1. The second-order valence-corrected chi connectivity index (χ2v) is 5.94. The van der Waals surface area contributed by atoms with Crippen LogP contribution in [-0.4, -0.2) is 30.1 Å². The third-order valence-corrected chi connectivity index (χ3v) is 4.31. The number of carbonyl (C=O) groups excluding carboxylic acids is 1. The molecular formula is C17H23NO4. The molecule has 120 valence electrons. The van der Waals surface area contributed by atoms with Gasteiger partial charge in [0.15, 0.2) is 0 Å². The van der Waals surface area contributed by atoms with Crippen LogP contribution < -0.4 is 10.1 Å². The highest BCUT2D eigenvalue weighted by atomic mass is 16.5. The van der Waals surface area contributed by atoms with Crippen LogP contribution in [0.2, 0.25) is 0 Å². The quantitative estimate of drug-likeness (QED) is 0.845. The minimum Gasteiger partial charge on any atom is -0.497 e. The van der Waals surface area contributed by atoms with Crippen LogP contribution >= 0.6 is 0 Å². The fourth-order valence-corrected chi connectivity index (χ4v) is 2.96. The Morgan fingerprint density at radius 1 is 1.32 bits per heavy atom. The third kappa shape index (κ3) is 4.00. The summed E-state index contributed by atoms with van der Waals surface area (Å²) in [5, 5.41) is 12.1. The maximum atomic E-state index is 12.3. The molecule has 3 atom stereocenters. The summed E-state index contributed by atoms with van der Waals surface area (Å²) >= 11 is 0. The molecule has 0 aromatic heterocycles. The summed E-state index contributed by atoms with van der Waals surface area (Å²) < 4.78 is 5.11. The van der Waals surface area contributed by atoms with Gasteiger partial charge in [-0.1, -0.05) is 25.5 Å². The van der Waals surface area contributed by atoms with Crippen LogP contribution in [0.3, 0.4) is 0 Å². The Hall–Kier alpha value is -2.04. The highest BCUT2D eigenvalue weighted by Gasteiger charge is 2.34. The van der Waals surface area contributed by atoms with Gasteiger partial charge in [0.25, 0.3) is 0 Å². The molecule has 1 amide bonds.